The number of nitriles is 1. The van der Waals surface area contributed by atoms with E-state index in [0.717, 1.165) is 12.1 Å². The molecule has 1 rings (SSSR count). The highest BCUT2D eigenvalue weighted by molar-refractivity contribution is 5.89. The molecule has 0 bridgehead atoms. The van der Waals surface area contributed by atoms with Crippen molar-refractivity contribution < 1.29 is 14.8 Å². The molecule has 0 aliphatic carbocycles. The number of nitro benzene ring substituents is 1. The fourth-order valence-electron chi connectivity index (χ4n) is 1.26. The molecule has 7 heteroatoms. The summed E-state index contributed by atoms with van der Waals surface area (Å²) in [4.78, 5) is 20.6. The van der Waals surface area contributed by atoms with Crippen molar-refractivity contribution in [2.75, 3.05) is 0 Å². The van der Waals surface area contributed by atoms with Crippen LogP contribution in [0, 0.1) is 21.4 Å². The zero-order chi connectivity index (χ0) is 12.3. The minimum absolute atomic E-state index is 0.0394. The second-order valence-corrected chi connectivity index (χ2v) is 2.90. The second-order valence-electron chi connectivity index (χ2n) is 2.90. The molecular formula is C9H7N3O4. The Hall–Kier alpha value is -2.46. The first kappa shape index (κ1) is 11.6. The molecule has 82 valence electrons. The molecule has 0 aliphatic rings. The van der Waals surface area contributed by atoms with Crippen LogP contribution in [0.4, 0.5) is 5.69 Å². The summed E-state index contributed by atoms with van der Waals surface area (Å²) in [7, 11) is 0. The lowest BCUT2D eigenvalue weighted by atomic mass is 10.0. The standard InChI is InChI=1S/C9H7N3O4/c10-3-6-1-5(9(13)14)2-8(12(15)16)7(6)4-11/h1-2H,4,11H2,(H,13,14). The van der Waals surface area contributed by atoms with E-state index in [-0.39, 0.29) is 23.2 Å². The lowest BCUT2D eigenvalue weighted by molar-refractivity contribution is -0.385. The van der Waals surface area contributed by atoms with Crippen molar-refractivity contribution in [2.45, 2.75) is 6.54 Å². The van der Waals surface area contributed by atoms with Crippen molar-refractivity contribution in [3.8, 4) is 6.07 Å². The largest absolute Gasteiger partial charge is 0.478 e. The van der Waals surface area contributed by atoms with Gasteiger partial charge in [-0.05, 0) is 6.07 Å². The van der Waals surface area contributed by atoms with E-state index in [4.69, 9.17) is 16.1 Å². The minimum Gasteiger partial charge on any atom is -0.478 e. The van der Waals surface area contributed by atoms with Crippen LogP contribution in [0.25, 0.3) is 0 Å². The molecule has 3 N–H and O–H groups in total. The van der Waals surface area contributed by atoms with Crippen molar-refractivity contribution in [1.82, 2.24) is 0 Å². The van der Waals surface area contributed by atoms with E-state index < -0.39 is 16.6 Å². The predicted octanol–water partition coefficient (Wildman–Crippen LogP) is 0.623. The molecule has 0 atom stereocenters. The van der Waals surface area contributed by atoms with Crippen LogP contribution in [0.5, 0.6) is 0 Å². The van der Waals surface area contributed by atoms with Gasteiger partial charge in [0.1, 0.15) is 0 Å². The molecule has 0 spiro atoms. The van der Waals surface area contributed by atoms with Crippen LogP contribution in [0.3, 0.4) is 0 Å². The zero-order valence-corrected chi connectivity index (χ0v) is 8.01. The number of benzene rings is 1. The molecule has 1 aromatic rings. The van der Waals surface area contributed by atoms with E-state index in [2.05, 4.69) is 0 Å². The molecule has 0 amide bonds. The number of nitrogens with zero attached hydrogens (tertiary/aromatic N) is 2. The summed E-state index contributed by atoms with van der Waals surface area (Å²) >= 11 is 0. The lowest BCUT2D eigenvalue weighted by Gasteiger charge is -2.03. The second kappa shape index (κ2) is 4.37. The van der Waals surface area contributed by atoms with Crippen LogP contribution in [0.15, 0.2) is 12.1 Å². The van der Waals surface area contributed by atoms with Crippen LogP contribution in [0.1, 0.15) is 21.5 Å². The van der Waals surface area contributed by atoms with Gasteiger partial charge in [0.05, 0.1) is 27.7 Å². The highest BCUT2D eigenvalue weighted by Gasteiger charge is 2.20. The van der Waals surface area contributed by atoms with Gasteiger partial charge in [0, 0.05) is 12.6 Å². The number of rotatable bonds is 3. The number of carboxylic acid groups (broad SMARTS) is 1. The Morgan fingerprint density at radius 1 is 1.62 bits per heavy atom. The van der Waals surface area contributed by atoms with E-state index in [0.29, 0.717) is 0 Å². The molecular weight excluding hydrogens is 214 g/mol. The first-order valence-electron chi connectivity index (χ1n) is 4.16. The maximum absolute atomic E-state index is 10.7. The van der Waals surface area contributed by atoms with Gasteiger partial charge in [0.15, 0.2) is 0 Å². The highest BCUT2D eigenvalue weighted by Crippen LogP contribution is 2.24. The number of hydrogen-bond donors (Lipinski definition) is 2. The average Bonchev–Trinajstić information content (AvgIpc) is 2.26. The van der Waals surface area contributed by atoms with Gasteiger partial charge in [-0.3, -0.25) is 10.1 Å². The van der Waals surface area contributed by atoms with Crippen LogP contribution < -0.4 is 5.73 Å². The molecule has 1 aromatic carbocycles. The van der Waals surface area contributed by atoms with Crippen molar-refractivity contribution in [2.24, 2.45) is 5.73 Å². The first-order chi connectivity index (χ1) is 7.51. The van der Waals surface area contributed by atoms with Gasteiger partial charge in [0.25, 0.3) is 5.69 Å². The first-order valence-corrected chi connectivity index (χ1v) is 4.16. The number of hydrogen-bond acceptors (Lipinski definition) is 5. The van der Waals surface area contributed by atoms with Gasteiger partial charge in [-0.25, -0.2) is 4.79 Å². The maximum Gasteiger partial charge on any atom is 0.335 e. The van der Waals surface area contributed by atoms with Gasteiger partial charge in [-0.15, -0.1) is 0 Å². The summed E-state index contributed by atoms with van der Waals surface area (Å²) in [5.74, 6) is -1.33. The Morgan fingerprint density at radius 3 is 2.62 bits per heavy atom. The maximum atomic E-state index is 10.7. The third-order valence-electron chi connectivity index (χ3n) is 1.99. The Labute approximate surface area is 89.9 Å². The Balaban J connectivity index is 3.57. The minimum atomic E-state index is -1.33. The average molecular weight is 221 g/mol. The molecule has 0 saturated heterocycles. The Kier molecular flexibility index (Phi) is 3.17. The smallest absolute Gasteiger partial charge is 0.335 e. The van der Waals surface area contributed by atoms with Gasteiger partial charge in [-0.1, -0.05) is 0 Å². The van der Waals surface area contributed by atoms with Crippen molar-refractivity contribution in [1.29, 1.82) is 5.26 Å². The van der Waals surface area contributed by atoms with E-state index in [9.17, 15) is 14.9 Å². The summed E-state index contributed by atoms with van der Waals surface area (Å²) in [6.07, 6.45) is 0. The lowest BCUT2D eigenvalue weighted by Crippen LogP contribution is -2.07. The van der Waals surface area contributed by atoms with E-state index >= 15 is 0 Å². The molecule has 0 aliphatic heterocycles. The van der Waals surface area contributed by atoms with Gasteiger partial charge >= 0.3 is 5.97 Å². The monoisotopic (exact) mass is 221 g/mol. The van der Waals surface area contributed by atoms with E-state index in [1.165, 1.54) is 0 Å². The summed E-state index contributed by atoms with van der Waals surface area (Å²) in [6.45, 7) is -0.195. The number of carboxylic acids is 1. The fraction of sp³-hybridized carbons (Fsp3) is 0.111. The summed E-state index contributed by atoms with van der Waals surface area (Å²) < 4.78 is 0. The third kappa shape index (κ3) is 1.97. The van der Waals surface area contributed by atoms with Crippen molar-refractivity contribution in [3.05, 3.63) is 38.9 Å². The number of nitrogens with two attached hydrogens (primary N) is 1. The summed E-state index contributed by atoms with van der Waals surface area (Å²) in [5.41, 5.74) is 4.49. The molecule has 0 aromatic heterocycles. The number of aromatic carboxylic acids is 1. The van der Waals surface area contributed by atoms with E-state index in [1.807, 2.05) is 0 Å². The normalized spacial score (nSPS) is 9.50. The van der Waals surface area contributed by atoms with Crippen LogP contribution in [0.2, 0.25) is 0 Å². The Bertz CT molecular complexity index is 504. The van der Waals surface area contributed by atoms with Crippen LogP contribution in [-0.4, -0.2) is 16.0 Å². The molecule has 0 saturated carbocycles. The predicted molar refractivity (Wildman–Crippen MR) is 52.7 cm³/mol. The molecule has 0 fully saturated rings. The van der Waals surface area contributed by atoms with Gasteiger partial charge in [0.2, 0.25) is 0 Å². The van der Waals surface area contributed by atoms with E-state index in [1.54, 1.807) is 6.07 Å². The van der Waals surface area contributed by atoms with Gasteiger partial charge < -0.3 is 10.8 Å². The molecule has 0 unspecified atom stereocenters. The number of nitro groups is 1. The van der Waals surface area contributed by atoms with Crippen molar-refractivity contribution in [3.63, 3.8) is 0 Å². The quantitative estimate of drug-likeness (QED) is 0.568. The van der Waals surface area contributed by atoms with Crippen LogP contribution >= 0.6 is 0 Å². The van der Waals surface area contributed by atoms with Crippen LogP contribution in [-0.2, 0) is 6.54 Å². The SMILES string of the molecule is N#Cc1cc(C(=O)O)cc([N+](=O)[O-])c1CN. The number of carbonyl (C=O) groups is 1. The molecule has 7 nitrogen and oxygen atoms in total. The van der Waals surface area contributed by atoms with Crippen molar-refractivity contribution >= 4 is 11.7 Å². The topological polar surface area (TPSA) is 130 Å². The fourth-order valence-corrected chi connectivity index (χ4v) is 1.26. The molecule has 16 heavy (non-hydrogen) atoms. The van der Waals surface area contributed by atoms with Gasteiger partial charge in [-0.2, -0.15) is 5.26 Å². The summed E-state index contributed by atoms with van der Waals surface area (Å²) in [5, 5.41) is 28.1. The summed E-state index contributed by atoms with van der Waals surface area (Å²) in [6, 6.07) is 3.65. The molecule has 0 heterocycles. The third-order valence-corrected chi connectivity index (χ3v) is 1.99. The highest BCUT2D eigenvalue weighted by atomic mass is 16.6. The Morgan fingerprint density at radius 2 is 2.25 bits per heavy atom. The molecule has 0 radical (unpaired) electrons. The zero-order valence-electron chi connectivity index (χ0n) is 8.01.